The minimum Gasteiger partial charge on any atom is -0.490 e. The van der Waals surface area contributed by atoms with Gasteiger partial charge in [-0.3, -0.25) is 0 Å². The highest BCUT2D eigenvalue weighted by molar-refractivity contribution is 6.30. The molecule has 6 rings (SSSR count). The molecule has 1 atom stereocenters. The smallest absolute Gasteiger partial charge is 0.351 e. The Balaban J connectivity index is 1.29. The second-order valence-electron chi connectivity index (χ2n) is 10.1. The van der Waals surface area contributed by atoms with Crippen molar-refractivity contribution in [2.24, 2.45) is 5.73 Å². The molecule has 1 aliphatic heterocycles. The van der Waals surface area contributed by atoms with E-state index < -0.39 is 17.5 Å². The topological polar surface area (TPSA) is 134 Å². The summed E-state index contributed by atoms with van der Waals surface area (Å²) in [5, 5.41) is 11.3. The van der Waals surface area contributed by atoms with Crippen LogP contribution in [-0.2, 0) is 6.61 Å². The number of para-hydroxylation sites is 1. The Morgan fingerprint density at radius 2 is 1.78 bits per heavy atom. The van der Waals surface area contributed by atoms with E-state index in [-0.39, 0.29) is 28.5 Å². The van der Waals surface area contributed by atoms with Gasteiger partial charge in [0.1, 0.15) is 40.9 Å². The number of benzene rings is 4. The van der Waals surface area contributed by atoms with Crippen molar-refractivity contribution < 1.29 is 28.2 Å². The van der Waals surface area contributed by atoms with Gasteiger partial charge in [0.2, 0.25) is 5.88 Å². The van der Waals surface area contributed by atoms with Crippen LogP contribution in [0.3, 0.4) is 0 Å². The van der Waals surface area contributed by atoms with Crippen molar-refractivity contribution in [1.82, 2.24) is 0 Å². The van der Waals surface area contributed by atoms with Crippen LogP contribution in [0.4, 0.5) is 0 Å². The van der Waals surface area contributed by atoms with Crippen LogP contribution in [0.15, 0.2) is 112 Å². The van der Waals surface area contributed by atoms with Crippen LogP contribution in [0, 0.1) is 11.3 Å². The standard InChI is InChI=1S/C35H25ClN2O7/c1-2-41-31-16-22(9-14-29(31)42-19-20-7-10-23(36)11-8-20)32-25-13-12-24(17-30(25)44-33(38)27(32)18-37)43-34(39)26-15-21-5-3-4-6-28(21)45-35(26)40/h3-17,32H,2,19,38H2,1H3. The molecule has 2 N–H and O–H groups in total. The number of hydrogen-bond acceptors (Lipinski definition) is 9. The summed E-state index contributed by atoms with van der Waals surface area (Å²) in [5.41, 5.74) is 7.96. The monoisotopic (exact) mass is 620 g/mol. The van der Waals surface area contributed by atoms with Crippen molar-refractivity contribution in [2.45, 2.75) is 19.4 Å². The summed E-state index contributed by atoms with van der Waals surface area (Å²) in [6.07, 6.45) is 0. The Hall–Kier alpha value is -5.72. The zero-order chi connectivity index (χ0) is 31.5. The maximum absolute atomic E-state index is 13.0. The van der Waals surface area contributed by atoms with Gasteiger partial charge in [-0.05, 0) is 60.5 Å². The molecule has 4 aromatic carbocycles. The molecule has 1 unspecified atom stereocenters. The molecule has 5 aromatic rings. The van der Waals surface area contributed by atoms with Crippen LogP contribution in [0.2, 0.25) is 5.02 Å². The van der Waals surface area contributed by atoms with Gasteiger partial charge in [-0.2, -0.15) is 5.26 Å². The molecule has 0 aliphatic carbocycles. The molecule has 1 aliphatic rings. The first-order chi connectivity index (χ1) is 21.8. The summed E-state index contributed by atoms with van der Waals surface area (Å²) in [4.78, 5) is 25.4. The normalized spacial score (nSPS) is 13.8. The predicted molar refractivity (Wildman–Crippen MR) is 167 cm³/mol. The predicted octanol–water partition coefficient (Wildman–Crippen LogP) is 6.86. The fourth-order valence-corrected chi connectivity index (χ4v) is 5.17. The average Bonchev–Trinajstić information content (AvgIpc) is 3.04. The minimum atomic E-state index is -0.890. The number of carbonyl (C=O) groups excluding carboxylic acids is 1. The number of nitrogens with zero attached hydrogens (tertiary/aromatic N) is 1. The molecule has 224 valence electrons. The number of nitriles is 1. The summed E-state index contributed by atoms with van der Waals surface area (Å²) in [6.45, 7) is 2.55. The first-order valence-corrected chi connectivity index (χ1v) is 14.3. The lowest BCUT2D eigenvalue weighted by atomic mass is 9.83. The number of rotatable bonds is 8. The van der Waals surface area contributed by atoms with E-state index >= 15 is 0 Å². The quantitative estimate of drug-likeness (QED) is 0.112. The Kier molecular flexibility index (Phi) is 8.14. The number of esters is 1. The highest BCUT2D eigenvalue weighted by atomic mass is 35.5. The summed E-state index contributed by atoms with van der Waals surface area (Å²) in [5.74, 6) is -0.173. The van der Waals surface area contributed by atoms with Gasteiger partial charge in [0, 0.05) is 22.0 Å². The SMILES string of the molecule is CCOc1cc(C2C(C#N)=C(N)Oc3cc(OC(=O)c4cc5ccccc5oc4=O)ccc32)ccc1OCc1ccc(Cl)cc1. The van der Waals surface area contributed by atoms with E-state index in [0.717, 1.165) is 5.56 Å². The van der Waals surface area contributed by atoms with Crippen molar-refractivity contribution >= 4 is 28.5 Å². The number of halogens is 1. The number of allylic oxidation sites excluding steroid dienone is 1. The molecule has 1 aromatic heterocycles. The number of nitrogens with two attached hydrogens (primary N) is 1. The third kappa shape index (κ3) is 6.05. The van der Waals surface area contributed by atoms with E-state index in [9.17, 15) is 14.9 Å². The molecule has 0 saturated carbocycles. The van der Waals surface area contributed by atoms with Crippen LogP contribution < -0.4 is 30.3 Å². The fraction of sp³-hybridized carbons (Fsp3) is 0.114. The third-order valence-corrected chi connectivity index (χ3v) is 7.42. The van der Waals surface area contributed by atoms with Gasteiger partial charge in [0.15, 0.2) is 11.5 Å². The summed E-state index contributed by atoms with van der Waals surface area (Å²) >= 11 is 5.99. The third-order valence-electron chi connectivity index (χ3n) is 7.17. The lowest BCUT2D eigenvalue weighted by molar-refractivity contribution is 0.0730. The van der Waals surface area contributed by atoms with E-state index in [1.807, 2.05) is 25.1 Å². The van der Waals surface area contributed by atoms with E-state index in [1.165, 1.54) is 12.1 Å². The molecule has 0 bridgehead atoms. The molecule has 9 nitrogen and oxygen atoms in total. The van der Waals surface area contributed by atoms with Gasteiger partial charge in [-0.25, -0.2) is 9.59 Å². The zero-order valence-corrected chi connectivity index (χ0v) is 24.7. The molecule has 0 radical (unpaired) electrons. The van der Waals surface area contributed by atoms with E-state index in [4.69, 9.17) is 40.7 Å². The minimum absolute atomic E-state index is 0.0883. The van der Waals surface area contributed by atoms with Gasteiger partial charge in [-0.1, -0.05) is 54.1 Å². The van der Waals surface area contributed by atoms with Gasteiger partial charge in [-0.15, -0.1) is 0 Å². The molecule has 10 heteroatoms. The Labute approximate surface area is 262 Å². The van der Waals surface area contributed by atoms with Crippen LogP contribution in [-0.4, -0.2) is 12.6 Å². The summed E-state index contributed by atoms with van der Waals surface area (Å²) in [7, 11) is 0. The number of hydrogen-bond donors (Lipinski definition) is 1. The molecule has 0 spiro atoms. The highest BCUT2D eigenvalue weighted by Gasteiger charge is 2.32. The highest BCUT2D eigenvalue weighted by Crippen LogP contribution is 2.45. The van der Waals surface area contributed by atoms with E-state index in [0.29, 0.717) is 51.8 Å². The molecule has 45 heavy (non-hydrogen) atoms. The number of carbonyl (C=O) groups is 1. The van der Waals surface area contributed by atoms with E-state index in [1.54, 1.807) is 60.7 Å². The fourth-order valence-electron chi connectivity index (χ4n) is 5.04. The number of fused-ring (bicyclic) bond motifs is 2. The first kappa shape index (κ1) is 29.4. The lowest BCUT2D eigenvalue weighted by Crippen LogP contribution is -2.22. The van der Waals surface area contributed by atoms with Gasteiger partial charge >= 0.3 is 11.6 Å². The van der Waals surface area contributed by atoms with Gasteiger partial charge in [0.05, 0.1) is 12.5 Å². The molecule has 0 amide bonds. The van der Waals surface area contributed by atoms with E-state index in [2.05, 4.69) is 6.07 Å². The Morgan fingerprint density at radius 3 is 2.56 bits per heavy atom. The van der Waals surface area contributed by atoms with Crippen molar-refractivity contribution in [3.8, 4) is 29.1 Å². The van der Waals surface area contributed by atoms with Crippen molar-refractivity contribution in [2.75, 3.05) is 6.61 Å². The molecule has 0 fully saturated rings. The van der Waals surface area contributed by atoms with Gasteiger partial charge < -0.3 is 29.1 Å². The molecular formula is C35H25ClN2O7. The average molecular weight is 621 g/mol. The zero-order valence-electron chi connectivity index (χ0n) is 23.9. The van der Waals surface area contributed by atoms with Gasteiger partial charge in [0.25, 0.3) is 0 Å². The molecular weight excluding hydrogens is 596 g/mol. The molecule has 0 saturated heterocycles. The Bertz CT molecular complexity index is 2060. The van der Waals surface area contributed by atoms with Crippen LogP contribution in [0.1, 0.15) is 39.9 Å². The van der Waals surface area contributed by atoms with Crippen molar-refractivity contribution in [3.05, 3.63) is 140 Å². The summed E-state index contributed by atoms with van der Waals surface area (Å²) < 4.78 is 28.5. The second kappa shape index (κ2) is 12.5. The lowest BCUT2D eigenvalue weighted by Gasteiger charge is -2.27. The van der Waals surface area contributed by atoms with Crippen LogP contribution >= 0.6 is 11.6 Å². The largest absolute Gasteiger partial charge is 0.490 e. The van der Waals surface area contributed by atoms with Crippen molar-refractivity contribution in [3.63, 3.8) is 0 Å². The molecule has 2 heterocycles. The van der Waals surface area contributed by atoms with Crippen LogP contribution in [0.5, 0.6) is 23.0 Å². The first-order valence-electron chi connectivity index (χ1n) is 13.9. The Morgan fingerprint density at radius 1 is 0.978 bits per heavy atom. The van der Waals surface area contributed by atoms with Crippen molar-refractivity contribution in [1.29, 1.82) is 5.26 Å². The maximum Gasteiger partial charge on any atom is 0.351 e. The number of ether oxygens (including phenoxy) is 4. The maximum atomic E-state index is 13.0. The summed E-state index contributed by atoms with van der Waals surface area (Å²) in [6, 6.07) is 27.9. The van der Waals surface area contributed by atoms with Crippen LogP contribution in [0.25, 0.3) is 11.0 Å². The second-order valence-corrected chi connectivity index (χ2v) is 10.5.